The van der Waals surface area contributed by atoms with Crippen LogP contribution in [0.2, 0.25) is 0 Å². The number of aromatic nitrogens is 1. The molecule has 1 amide bonds. The Kier molecular flexibility index (Phi) is 3.93. The van der Waals surface area contributed by atoms with Crippen molar-refractivity contribution >= 4 is 11.9 Å². The molecule has 1 N–H and O–H groups in total. The molecule has 86 valence electrons. The van der Waals surface area contributed by atoms with Gasteiger partial charge in [0.15, 0.2) is 0 Å². The molecule has 0 saturated heterocycles. The lowest BCUT2D eigenvalue weighted by atomic mass is 10.2. The minimum absolute atomic E-state index is 0.178. The summed E-state index contributed by atoms with van der Waals surface area (Å²) in [5.41, 5.74) is 0.178. The summed E-state index contributed by atoms with van der Waals surface area (Å²) in [6.45, 7) is 1.49. The van der Waals surface area contributed by atoms with Crippen molar-refractivity contribution in [1.29, 1.82) is 0 Å². The summed E-state index contributed by atoms with van der Waals surface area (Å²) in [7, 11) is 1.23. The maximum absolute atomic E-state index is 12.5. The Balaban J connectivity index is 2.65. The molecule has 0 aliphatic heterocycles. The predicted molar refractivity (Wildman–Crippen MR) is 53.1 cm³/mol. The molecule has 0 fully saturated rings. The Bertz CT molecular complexity index is 392. The molecule has 0 saturated carbocycles. The average Bonchev–Trinajstić information content (AvgIpc) is 2.28. The standard InChI is InChI=1S/C10H11FN2O3/c1-6(10(15)16-2)13-9(14)7-3-4-8(11)12-5-7/h3-6H,1-2H3,(H,13,14). The van der Waals surface area contributed by atoms with E-state index < -0.39 is 23.9 Å². The largest absolute Gasteiger partial charge is 0.467 e. The number of methoxy groups -OCH3 is 1. The molecule has 0 bridgehead atoms. The van der Waals surface area contributed by atoms with E-state index in [-0.39, 0.29) is 5.56 Å². The van der Waals surface area contributed by atoms with E-state index in [0.29, 0.717) is 0 Å². The van der Waals surface area contributed by atoms with E-state index in [0.717, 1.165) is 12.3 Å². The summed E-state index contributed by atoms with van der Waals surface area (Å²) >= 11 is 0. The van der Waals surface area contributed by atoms with Crippen LogP contribution < -0.4 is 5.32 Å². The Morgan fingerprint density at radius 2 is 2.19 bits per heavy atom. The zero-order valence-electron chi connectivity index (χ0n) is 8.86. The molecule has 1 rings (SSSR count). The third-order valence-corrected chi connectivity index (χ3v) is 1.89. The molecule has 1 unspecified atom stereocenters. The van der Waals surface area contributed by atoms with E-state index in [1.165, 1.54) is 20.1 Å². The first-order valence-corrected chi connectivity index (χ1v) is 4.55. The van der Waals surface area contributed by atoms with Crippen molar-refractivity contribution in [3.63, 3.8) is 0 Å². The smallest absolute Gasteiger partial charge is 0.328 e. The van der Waals surface area contributed by atoms with Crippen molar-refractivity contribution in [1.82, 2.24) is 10.3 Å². The number of rotatable bonds is 3. The van der Waals surface area contributed by atoms with Gasteiger partial charge in [0.2, 0.25) is 5.95 Å². The van der Waals surface area contributed by atoms with Gasteiger partial charge in [-0.15, -0.1) is 0 Å². The van der Waals surface area contributed by atoms with E-state index in [2.05, 4.69) is 15.0 Å². The maximum Gasteiger partial charge on any atom is 0.328 e. The highest BCUT2D eigenvalue weighted by Gasteiger charge is 2.16. The first-order chi connectivity index (χ1) is 7.54. The van der Waals surface area contributed by atoms with Crippen molar-refractivity contribution in [3.05, 3.63) is 29.8 Å². The Morgan fingerprint density at radius 3 is 2.69 bits per heavy atom. The van der Waals surface area contributed by atoms with Crippen molar-refractivity contribution in [3.8, 4) is 0 Å². The van der Waals surface area contributed by atoms with Gasteiger partial charge < -0.3 is 10.1 Å². The maximum atomic E-state index is 12.5. The minimum atomic E-state index is -0.762. The molecule has 1 heterocycles. The Labute approximate surface area is 91.6 Å². The lowest BCUT2D eigenvalue weighted by Gasteiger charge is -2.10. The van der Waals surface area contributed by atoms with Gasteiger partial charge in [0.25, 0.3) is 5.91 Å². The molecule has 0 spiro atoms. The highest BCUT2D eigenvalue weighted by Crippen LogP contribution is 1.99. The number of carbonyl (C=O) groups excluding carboxylic acids is 2. The summed E-state index contributed by atoms with van der Waals surface area (Å²) in [6.07, 6.45) is 1.09. The van der Waals surface area contributed by atoms with Crippen LogP contribution in [-0.4, -0.2) is 30.0 Å². The highest BCUT2D eigenvalue weighted by molar-refractivity contribution is 5.96. The van der Waals surface area contributed by atoms with Crippen LogP contribution in [0.25, 0.3) is 0 Å². The fourth-order valence-electron chi connectivity index (χ4n) is 1.03. The zero-order valence-corrected chi connectivity index (χ0v) is 8.86. The first-order valence-electron chi connectivity index (χ1n) is 4.55. The highest BCUT2D eigenvalue weighted by atomic mass is 19.1. The molecule has 0 aromatic carbocycles. The van der Waals surface area contributed by atoms with Gasteiger partial charge in [-0.3, -0.25) is 4.79 Å². The van der Waals surface area contributed by atoms with Crippen LogP contribution in [0, 0.1) is 5.95 Å². The van der Waals surface area contributed by atoms with E-state index in [1.54, 1.807) is 0 Å². The lowest BCUT2D eigenvalue weighted by molar-refractivity contribution is -0.142. The van der Waals surface area contributed by atoms with Gasteiger partial charge in [-0.05, 0) is 19.1 Å². The van der Waals surface area contributed by atoms with E-state index >= 15 is 0 Å². The number of nitrogens with one attached hydrogen (secondary N) is 1. The Hall–Kier alpha value is -1.98. The number of hydrogen-bond acceptors (Lipinski definition) is 4. The second kappa shape index (κ2) is 5.20. The van der Waals surface area contributed by atoms with Crippen molar-refractivity contribution in [2.75, 3.05) is 7.11 Å². The van der Waals surface area contributed by atoms with Gasteiger partial charge in [-0.25, -0.2) is 9.78 Å². The van der Waals surface area contributed by atoms with E-state index in [1.807, 2.05) is 0 Å². The number of pyridine rings is 1. The van der Waals surface area contributed by atoms with Crippen LogP contribution in [0.15, 0.2) is 18.3 Å². The van der Waals surface area contributed by atoms with Crippen molar-refractivity contribution in [2.45, 2.75) is 13.0 Å². The third-order valence-electron chi connectivity index (χ3n) is 1.89. The normalized spacial score (nSPS) is 11.7. The summed E-state index contributed by atoms with van der Waals surface area (Å²) in [6, 6.07) is 1.59. The number of nitrogens with zero attached hydrogens (tertiary/aromatic N) is 1. The molecule has 0 aliphatic rings. The molecule has 6 heteroatoms. The topological polar surface area (TPSA) is 68.3 Å². The summed E-state index contributed by atoms with van der Waals surface area (Å²) < 4.78 is 16.9. The number of hydrogen-bond donors (Lipinski definition) is 1. The fraction of sp³-hybridized carbons (Fsp3) is 0.300. The van der Waals surface area contributed by atoms with Crippen LogP contribution in [0.1, 0.15) is 17.3 Å². The van der Waals surface area contributed by atoms with Crippen LogP contribution in [-0.2, 0) is 9.53 Å². The third kappa shape index (κ3) is 3.01. The summed E-state index contributed by atoms with van der Waals surface area (Å²) in [4.78, 5) is 25.9. The molecular weight excluding hydrogens is 215 g/mol. The van der Waals surface area contributed by atoms with Gasteiger partial charge in [-0.1, -0.05) is 0 Å². The van der Waals surface area contributed by atoms with Crippen LogP contribution in [0.4, 0.5) is 4.39 Å². The quantitative estimate of drug-likeness (QED) is 0.602. The Morgan fingerprint density at radius 1 is 1.50 bits per heavy atom. The molecule has 1 atom stereocenters. The van der Waals surface area contributed by atoms with Crippen LogP contribution in [0.3, 0.4) is 0 Å². The van der Waals surface area contributed by atoms with Gasteiger partial charge in [-0.2, -0.15) is 4.39 Å². The number of ether oxygens (including phenoxy) is 1. The number of esters is 1. The van der Waals surface area contributed by atoms with E-state index in [9.17, 15) is 14.0 Å². The molecule has 5 nitrogen and oxygen atoms in total. The second-order valence-electron chi connectivity index (χ2n) is 3.09. The summed E-state index contributed by atoms with van der Waals surface area (Å²) in [5, 5.41) is 2.39. The van der Waals surface area contributed by atoms with Crippen LogP contribution in [0.5, 0.6) is 0 Å². The second-order valence-corrected chi connectivity index (χ2v) is 3.09. The molecular formula is C10H11FN2O3. The van der Waals surface area contributed by atoms with Crippen molar-refractivity contribution in [2.24, 2.45) is 0 Å². The monoisotopic (exact) mass is 226 g/mol. The van der Waals surface area contributed by atoms with Crippen LogP contribution >= 0.6 is 0 Å². The van der Waals surface area contributed by atoms with E-state index in [4.69, 9.17) is 0 Å². The van der Waals surface area contributed by atoms with Gasteiger partial charge in [0.05, 0.1) is 12.7 Å². The molecule has 1 aromatic heterocycles. The molecule has 1 aromatic rings. The first kappa shape index (κ1) is 12.1. The van der Waals surface area contributed by atoms with Gasteiger partial charge in [0, 0.05) is 6.20 Å². The number of halogens is 1. The lowest BCUT2D eigenvalue weighted by Crippen LogP contribution is -2.39. The predicted octanol–water partition coefficient (Wildman–Crippen LogP) is 0.512. The number of amides is 1. The molecule has 16 heavy (non-hydrogen) atoms. The average molecular weight is 226 g/mol. The van der Waals surface area contributed by atoms with Gasteiger partial charge in [0.1, 0.15) is 6.04 Å². The van der Waals surface area contributed by atoms with Gasteiger partial charge >= 0.3 is 5.97 Å². The SMILES string of the molecule is COC(=O)C(C)NC(=O)c1ccc(F)nc1. The number of carbonyl (C=O) groups is 2. The summed E-state index contributed by atoms with van der Waals surface area (Å²) in [5.74, 6) is -1.73. The fourth-order valence-corrected chi connectivity index (χ4v) is 1.03. The minimum Gasteiger partial charge on any atom is -0.467 e. The zero-order chi connectivity index (χ0) is 12.1. The van der Waals surface area contributed by atoms with Crippen molar-refractivity contribution < 1.29 is 18.7 Å². The molecule has 0 aliphatic carbocycles. The molecule has 0 radical (unpaired) electrons.